The molecule has 0 radical (unpaired) electrons. The molecule has 1 aliphatic carbocycles. The highest BCUT2D eigenvalue weighted by Crippen LogP contribution is 2.51. The molecule has 0 fully saturated rings. The van der Waals surface area contributed by atoms with Crippen molar-refractivity contribution in [2.45, 2.75) is 19.3 Å². The summed E-state index contributed by atoms with van der Waals surface area (Å²) in [6, 6.07) is 69.0. The maximum Gasteiger partial charge on any atom is 0.136 e. The molecule has 268 valence electrons. The smallest absolute Gasteiger partial charge is 0.136 e. The molecule has 0 aliphatic heterocycles. The lowest BCUT2D eigenvalue weighted by atomic mass is 9.82. The predicted octanol–water partition coefficient (Wildman–Crippen LogP) is 15.6. The second-order valence-corrected chi connectivity index (χ2v) is 16.0. The van der Waals surface area contributed by atoms with Crippen molar-refractivity contribution >= 4 is 82.1 Å². The molecule has 0 saturated carbocycles. The highest BCUT2D eigenvalue weighted by Gasteiger charge is 2.35. The Labute approximate surface area is 330 Å². The van der Waals surface area contributed by atoms with Crippen LogP contribution in [0, 0.1) is 0 Å². The van der Waals surface area contributed by atoms with E-state index in [4.69, 9.17) is 4.42 Å². The molecule has 11 aromatic rings. The van der Waals surface area contributed by atoms with Gasteiger partial charge in [-0.05, 0) is 120 Å². The summed E-state index contributed by atoms with van der Waals surface area (Å²) in [5.41, 5.74) is 13.0. The van der Waals surface area contributed by atoms with Crippen LogP contribution in [0.25, 0.3) is 87.3 Å². The van der Waals surface area contributed by atoms with E-state index < -0.39 is 0 Å². The first-order chi connectivity index (χ1) is 28.0. The van der Waals surface area contributed by atoms with E-state index >= 15 is 0 Å². The molecule has 1 aromatic heterocycles. The van der Waals surface area contributed by atoms with Crippen LogP contribution < -0.4 is 4.90 Å². The molecule has 0 spiro atoms. The van der Waals surface area contributed by atoms with Crippen LogP contribution in [0.2, 0.25) is 0 Å². The Morgan fingerprint density at radius 3 is 1.89 bits per heavy atom. The molecule has 12 rings (SSSR count). The van der Waals surface area contributed by atoms with Gasteiger partial charge in [-0.1, -0.05) is 147 Å². The van der Waals surface area contributed by atoms with Crippen LogP contribution in [0.3, 0.4) is 0 Å². The molecule has 0 amide bonds. The summed E-state index contributed by atoms with van der Waals surface area (Å²) < 4.78 is 6.38. The second-order valence-electron chi connectivity index (χ2n) is 16.0. The zero-order chi connectivity index (χ0) is 37.8. The van der Waals surface area contributed by atoms with Crippen molar-refractivity contribution in [3.05, 3.63) is 199 Å². The molecule has 0 saturated heterocycles. The number of fused-ring (bicyclic) bond motifs is 14. The van der Waals surface area contributed by atoms with Gasteiger partial charge in [0.15, 0.2) is 0 Å². The number of hydrogen-bond donors (Lipinski definition) is 0. The van der Waals surface area contributed by atoms with Crippen molar-refractivity contribution in [2.24, 2.45) is 0 Å². The lowest BCUT2D eigenvalue weighted by Gasteiger charge is -2.29. The van der Waals surface area contributed by atoms with Crippen LogP contribution >= 0.6 is 0 Å². The van der Waals surface area contributed by atoms with Crippen LogP contribution in [0.15, 0.2) is 192 Å². The van der Waals surface area contributed by atoms with E-state index in [9.17, 15) is 0 Å². The fourth-order valence-electron chi connectivity index (χ4n) is 9.90. The van der Waals surface area contributed by atoms with Gasteiger partial charge in [0.05, 0.1) is 5.69 Å². The molecule has 10 aromatic carbocycles. The molecule has 2 heteroatoms. The standard InChI is InChI=1S/C55H37NO/c1-55(2)48-19-9-7-16-42(48)43-29-27-38(33-49(43)55)56(50-20-11-13-35-12-3-4-14-39(35)50)37-25-22-34(23-26-37)36-24-28-41-40-15-5-6-17-44(40)53-45(47(41)32-36)30-31-52-54(53)46-18-8-10-21-51(46)57-52/h3-33H,1-2H3. The fourth-order valence-corrected chi connectivity index (χ4v) is 9.90. The van der Waals surface area contributed by atoms with Gasteiger partial charge in [-0.2, -0.15) is 0 Å². The van der Waals surface area contributed by atoms with Gasteiger partial charge in [-0.25, -0.2) is 0 Å². The van der Waals surface area contributed by atoms with Gasteiger partial charge >= 0.3 is 0 Å². The Kier molecular flexibility index (Phi) is 6.72. The lowest BCUT2D eigenvalue weighted by Crippen LogP contribution is -2.16. The van der Waals surface area contributed by atoms with Crippen molar-refractivity contribution in [1.82, 2.24) is 0 Å². The van der Waals surface area contributed by atoms with E-state index in [-0.39, 0.29) is 5.41 Å². The largest absolute Gasteiger partial charge is 0.456 e. The summed E-state index contributed by atoms with van der Waals surface area (Å²) in [4.78, 5) is 2.44. The highest BCUT2D eigenvalue weighted by atomic mass is 16.3. The summed E-state index contributed by atoms with van der Waals surface area (Å²) in [6.07, 6.45) is 0. The predicted molar refractivity (Wildman–Crippen MR) is 241 cm³/mol. The molecule has 0 bridgehead atoms. The SMILES string of the molecule is CC1(C)c2ccccc2-c2ccc(N(c3ccc(-c4ccc5c6ccccc6c6c(ccc7oc8ccccc8c76)c5c4)cc3)c3cccc4ccccc34)cc21. The van der Waals surface area contributed by atoms with Crippen LogP contribution in [0.4, 0.5) is 17.1 Å². The Morgan fingerprint density at radius 1 is 0.386 bits per heavy atom. The number of hydrogen-bond acceptors (Lipinski definition) is 2. The average Bonchev–Trinajstić information content (AvgIpc) is 3.76. The van der Waals surface area contributed by atoms with Crippen molar-refractivity contribution in [3.63, 3.8) is 0 Å². The van der Waals surface area contributed by atoms with E-state index in [1.807, 2.05) is 6.07 Å². The summed E-state index contributed by atoms with van der Waals surface area (Å²) in [6.45, 7) is 4.71. The molecular weight excluding hydrogens is 691 g/mol. The van der Waals surface area contributed by atoms with Gasteiger partial charge in [0, 0.05) is 38.3 Å². The first kappa shape index (κ1) is 32.1. The Hall–Kier alpha value is -7.16. The maximum atomic E-state index is 6.38. The summed E-state index contributed by atoms with van der Waals surface area (Å²) in [5, 5.41) is 12.3. The molecule has 0 unspecified atom stereocenters. The van der Waals surface area contributed by atoms with Gasteiger partial charge in [-0.15, -0.1) is 0 Å². The van der Waals surface area contributed by atoms with Crippen LogP contribution in [0.1, 0.15) is 25.0 Å². The zero-order valence-electron chi connectivity index (χ0n) is 31.8. The van der Waals surface area contributed by atoms with Gasteiger partial charge < -0.3 is 9.32 Å². The molecule has 0 atom stereocenters. The highest BCUT2D eigenvalue weighted by molar-refractivity contribution is 6.34. The van der Waals surface area contributed by atoms with E-state index in [1.165, 1.54) is 81.9 Å². The molecule has 2 nitrogen and oxygen atoms in total. The minimum Gasteiger partial charge on any atom is -0.456 e. The van der Waals surface area contributed by atoms with Gasteiger partial charge in [0.2, 0.25) is 0 Å². The molecule has 57 heavy (non-hydrogen) atoms. The monoisotopic (exact) mass is 727 g/mol. The Bertz CT molecular complexity index is 3440. The van der Waals surface area contributed by atoms with Crippen molar-refractivity contribution in [2.75, 3.05) is 4.90 Å². The quantitative estimate of drug-likeness (QED) is 0.168. The summed E-state index contributed by atoms with van der Waals surface area (Å²) in [5.74, 6) is 0. The van der Waals surface area contributed by atoms with Crippen molar-refractivity contribution in [1.29, 1.82) is 0 Å². The Morgan fingerprint density at radius 2 is 1.02 bits per heavy atom. The number of para-hydroxylation sites is 1. The minimum atomic E-state index is -0.0989. The third-order valence-electron chi connectivity index (χ3n) is 12.6. The second kappa shape index (κ2) is 11.9. The topological polar surface area (TPSA) is 16.4 Å². The normalized spacial score (nSPS) is 13.2. The first-order valence-electron chi connectivity index (χ1n) is 19.8. The average molecular weight is 728 g/mol. The fraction of sp³-hybridized carbons (Fsp3) is 0.0545. The number of benzene rings is 10. The Balaban J connectivity index is 1.03. The van der Waals surface area contributed by atoms with Gasteiger partial charge in [0.1, 0.15) is 11.2 Å². The first-order valence-corrected chi connectivity index (χ1v) is 19.8. The lowest BCUT2D eigenvalue weighted by molar-refractivity contribution is 0.660. The van der Waals surface area contributed by atoms with Crippen molar-refractivity contribution < 1.29 is 4.42 Å². The minimum absolute atomic E-state index is 0.0989. The number of anilines is 3. The van der Waals surface area contributed by atoms with E-state index in [0.29, 0.717) is 0 Å². The number of rotatable bonds is 4. The number of nitrogens with zero attached hydrogens (tertiary/aromatic N) is 1. The van der Waals surface area contributed by atoms with E-state index in [0.717, 1.165) is 33.6 Å². The molecular formula is C55H37NO. The van der Waals surface area contributed by atoms with E-state index in [2.05, 4.69) is 201 Å². The van der Waals surface area contributed by atoms with Crippen LogP contribution in [0.5, 0.6) is 0 Å². The third kappa shape index (κ3) is 4.65. The zero-order valence-corrected chi connectivity index (χ0v) is 31.8. The van der Waals surface area contributed by atoms with E-state index in [1.54, 1.807) is 0 Å². The van der Waals surface area contributed by atoms with Gasteiger partial charge in [0.25, 0.3) is 0 Å². The van der Waals surface area contributed by atoms with Crippen molar-refractivity contribution in [3.8, 4) is 22.3 Å². The molecule has 1 aliphatic rings. The maximum absolute atomic E-state index is 6.38. The summed E-state index contributed by atoms with van der Waals surface area (Å²) in [7, 11) is 0. The van der Waals surface area contributed by atoms with Crippen LogP contribution in [-0.2, 0) is 5.41 Å². The number of furan rings is 1. The molecule has 1 heterocycles. The van der Waals surface area contributed by atoms with Gasteiger partial charge in [-0.3, -0.25) is 0 Å². The summed E-state index contributed by atoms with van der Waals surface area (Å²) >= 11 is 0. The molecule has 0 N–H and O–H groups in total. The third-order valence-corrected chi connectivity index (χ3v) is 12.6. The van der Waals surface area contributed by atoms with Crippen LogP contribution in [-0.4, -0.2) is 0 Å².